The average Bonchev–Trinajstić information content (AvgIpc) is 2.77. The van der Waals surface area contributed by atoms with Gasteiger partial charge in [0.1, 0.15) is 11.5 Å². The molecule has 0 spiro atoms. The molecule has 0 heterocycles. The zero-order chi connectivity index (χ0) is 24.1. The van der Waals surface area contributed by atoms with E-state index in [1.807, 2.05) is 19.1 Å². The van der Waals surface area contributed by atoms with Gasteiger partial charge in [-0.15, -0.1) is 0 Å². The first-order valence-electron chi connectivity index (χ1n) is 10.1. The molecule has 0 bridgehead atoms. The highest BCUT2D eigenvalue weighted by Gasteiger charge is 2.14. The van der Waals surface area contributed by atoms with E-state index in [0.717, 1.165) is 15.6 Å². The van der Waals surface area contributed by atoms with Crippen molar-refractivity contribution in [1.29, 1.82) is 0 Å². The Kier molecular flexibility index (Phi) is 8.40. The summed E-state index contributed by atoms with van der Waals surface area (Å²) >= 11 is 15.6. The number of hydrogen-bond donors (Lipinski definition) is 1. The van der Waals surface area contributed by atoms with Crippen LogP contribution in [0.4, 0.5) is 5.69 Å². The van der Waals surface area contributed by atoms with Gasteiger partial charge in [0.15, 0.2) is 6.61 Å². The van der Waals surface area contributed by atoms with Crippen LogP contribution in [-0.4, -0.2) is 18.5 Å². The first-order chi connectivity index (χ1) is 15.6. The molecule has 3 aromatic carbocycles. The summed E-state index contributed by atoms with van der Waals surface area (Å²) in [6, 6.07) is 14.9. The minimum Gasteiger partial charge on any atom is -0.482 e. The fourth-order valence-corrected chi connectivity index (χ4v) is 3.70. The van der Waals surface area contributed by atoms with Crippen LogP contribution < -0.4 is 14.8 Å². The highest BCUT2D eigenvalue weighted by atomic mass is 79.9. The van der Waals surface area contributed by atoms with Crippen LogP contribution in [0.3, 0.4) is 0 Å². The van der Waals surface area contributed by atoms with Crippen molar-refractivity contribution >= 4 is 56.7 Å². The van der Waals surface area contributed by atoms with E-state index in [1.165, 1.54) is 12.1 Å². The van der Waals surface area contributed by atoms with Crippen molar-refractivity contribution in [3.63, 3.8) is 0 Å². The molecule has 3 aromatic rings. The predicted molar refractivity (Wildman–Crippen MR) is 135 cm³/mol. The number of carbonyl (C=O) groups excluding carboxylic acids is 2. The maximum atomic E-state index is 12.5. The molecule has 0 aliphatic carbocycles. The van der Waals surface area contributed by atoms with Crippen LogP contribution >= 0.6 is 39.1 Å². The Balaban J connectivity index is 1.60. The Hall–Kier alpha value is -2.54. The minimum absolute atomic E-state index is 0.230. The normalized spacial score (nSPS) is 10.8. The second-order valence-electron chi connectivity index (χ2n) is 7.66. The fraction of sp³-hybridized carbons (Fsp3) is 0.200. The maximum Gasteiger partial charge on any atom is 0.349 e. The number of benzene rings is 3. The van der Waals surface area contributed by atoms with Crippen molar-refractivity contribution in [3.8, 4) is 11.5 Å². The summed E-state index contributed by atoms with van der Waals surface area (Å²) in [4.78, 5) is 24.8. The second kappa shape index (κ2) is 11.1. The Morgan fingerprint density at radius 2 is 1.73 bits per heavy atom. The fourth-order valence-electron chi connectivity index (χ4n) is 3.01. The third-order valence-electron chi connectivity index (χ3n) is 4.78. The zero-order valence-electron chi connectivity index (χ0n) is 18.2. The van der Waals surface area contributed by atoms with Crippen molar-refractivity contribution in [2.24, 2.45) is 0 Å². The molecule has 5 nitrogen and oxygen atoms in total. The molecule has 0 atom stereocenters. The Bertz CT molecular complexity index is 1180. The lowest BCUT2D eigenvalue weighted by Gasteiger charge is -2.15. The van der Waals surface area contributed by atoms with Gasteiger partial charge in [-0.25, -0.2) is 4.79 Å². The van der Waals surface area contributed by atoms with Gasteiger partial charge in [0.05, 0.1) is 10.7 Å². The lowest BCUT2D eigenvalue weighted by atomic mass is 10.0. The van der Waals surface area contributed by atoms with Gasteiger partial charge in [0.2, 0.25) is 0 Å². The van der Waals surface area contributed by atoms with Gasteiger partial charge in [-0.2, -0.15) is 0 Å². The molecule has 0 saturated carbocycles. The topological polar surface area (TPSA) is 64.6 Å². The number of rotatable bonds is 7. The summed E-state index contributed by atoms with van der Waals surface area (Å²) < 4.78 is 12.1. The van der Waals surface area contributed by atoms with Crippen LogP contribution in [0.15, 0.2) is 59.1 Å². The smallest absolute Gasteiger partial charge is 0.349 e. The summed E-state index contributed by atoms with van der Waals surface area (Å²) in [5.74, 6) is 0.264. The van der Waals surface area contributed by atoms with Crippen LogP contribution in [0.2, 0.25) is 10.0 Å². The van der Waals surface area contributed by atoms with Crippen LogP contribution in [0.1, 0.15) is 41.3 Å². The number of ether oxygens (including phenoxy) is 2. The third-order valence-corrected chi connectivity index (χ3v) is 6.20. The van der Waals surface area contributed by atoms with Gasteiger partial charge in [-0.3, -0.25) is 4.79 Å². The predicted octanol–water partition coefficient (Wildman–Crippen LogP) is 7.42. The summed E-state index contributed by atoms with van der Waals surface area (Å²) in [6.45, 7) is 5.83. The van der Waals surface area contributed by atoms with Gasteiger partial charge in [-0.1, -0.05) is 53.0 Å². The van der Waals surface area contributed by atoms with E-state index in [9.17, 15) is 9.59 Å². The minimum atomic E-state index is -0.548. The van der Waals surface area contributed by atoms with Crippen molar-refractivity contribution in [3.05, 3.63) is 85.8 Å². The molecule has 0 aromatic heterocycles. The highest BCUT2D eigenvalue weighted by Crippen LogP contribution is 2.32. The molecule has 0 aliphatic heterocycles. The monoisotopic (exact) mass is 549 g/mol. The summed E-state index contributed by atoms with van der Waals surface area (Å²) in [5, 5.41) is 3.53. The molecule has 172 valence electrons. The van der Waals surface area contributed by atoms with Gasteiger partial charge in [0, 0.05) is 15.1 Å². The van der Waals surface area contributed by atoms with Crippen molar-refractivity contribution < 1.29 is 19.1 Å². The summed E-state index contributed by atoms with van der Waals surface area (Å²) in [5.41, 5.74) is 2.78. The van der Waals surface area contributed by atoms with E-state index in [4.69, 9.17) is 32.7 Å². The second-order valence-corrected chi connectivity index (χ2v) is 9.36. The molecule has 0 radical (unpaired) electrons. The van der Waals surface area contributed by atoms with Crippen LogP contribution in [0.25, 0.3) is 0 Å². The van der Waals surface area contributed by atoms with Gasteiger partial charge in [0.25, 0.3) is 5.91 Å². The molecule has 0 fully saturated rings. The number of halogens is 3. The molecular formula is C25H22BrCl2NO4. The van der Waals surface area contributed by atoms with E-state index in [2.05, 4.69) is 35.1 Å². The zero-order valence-corrected chi connectivity index (χ0v) is 21.3. The molecule has 3 rings (SSSR count). The maximum absolute atomic E-state index is 12.5. The molecule has 8 heteroatoms. The van der Waals surface area contributed by atoms with E-state index in [0.29, 0.717) is 32.8 Å². The number of anilines is 1. The molecule has 33 heavy (non-hydrogen) atoms. The Morgan fingerprint density at radius 3 is 2.39 bits per heavy atom. The van der Waals surface area contributed by atoms with E-state index in [1.54, 1.807) is 30.3 Å². The highest BCUT2D eigenvalue weighted by molar-refractivity contribution is 9.10. The summed E-state index contributed by atoms with van der Waals surface area (Å²) in [6.07, 6.45) is 0. The molecule has 1 N–H and O–H groups in total. The standard InChI is InChI=1S/C25H22BrCl2NO4/c1-14(2)19-12-20(26)15(3)10-23(19)32-13-24(30)33-18-7-4-16(5-8-18)25(31)29-22-11-17(27)6-9-21(22)28/h4-12,14H,13H2,1-3H3,(H,29,31). The molecule has 0 saturated heterocycles. The van der Waals surface area contributed by atoms with E-state index in [-0.39, 0.29) is 18.4 Å². The molecular weight excluding hydrogens is 529 g/mol. The van der Waals surface area contributed by atoms with Crippen LogP contribution in [0, 0.1) is 6.92 Å². The first kappa shape index (κ1) is 25.1. The van der Waals surface area contributed by atoms with Crippen LogP contribution in [-0.2, 0) is 4.79 Å². The van der Waals surface area contributed by atoms with Crippen LogP contribution in [0.5, 0.6) is 11.5 Å². The van der Waals surface area contributed by atoms with Gasteiger partial charge < -0.3 is 14.8 Å². The molecule has 0 unspecified atom stereocenters. The number of amides is 1. The molecule has 0 aliphatic rings. The van der Waals surface area contributed by atoms with E-state index >= 15 is 0 Å². The van der Waals surface area contributed by atoms with Crippen molar-refractivity contribution in [2.75, 3.05) is 11.9 Å². The van der Waals surface area contributed by atoms with E-state index < -0.39 is 5.97 Å². The largest absolute Gasteiger partial charge is 0.482 e. The summed E-state index contributed by atoms with van der Waals surface area (Å²) in [7, 11) is 0. The number of nitrogens with one attached hydrogen (secondary N) is 1. The lowest BCUT2D eigenvalue weighted by molar-refractivity contribution is -0.136. The molecule has 1 amide bonds. The van der Waals surface area contributed by atoms with Crippen molar-refractivity contribution in [2.45, 2.75) is 26.7 Å². The number of carbonyl (C=O) groups is 2. The van der Waals surface area contributed by atoms with Gasteiger partial charge >= 0.3 is 5.97 Å². The lowest BCUT2D eigenvalue weighted by Crippen LogP contribution is -2.18. The van der Waals surface area contributed by atoms with Gasteiger partial charge in [-0.05, 0) is 78.6 Å². The Labute approximate surface area is 211 Å². The first-order valence-corrected chi connectivity index (χ1v) is 11.7. The number of aryl methyl sites for hydroxylation is 1. The SMILES string of the molecule is Cc1cc(OCC(=O)Oc2ccc(C(=O)Nc3cc(Cl)ccc3Cl)cc2)c(C(C)C)cc1Br. The Morgan fingerprint density at radius 1 is 1.03 bits per heavy atom. The van der Waals surface area contributed by atoms with Crippen molar-refractivity contribution in [1.82, 2.24) is 0 Å². The average molecular weight is 551 g/mol. The third kappa shape index (κ3) is 6.73. The quantitative estimate of drug-likeness (QED) is 0.245. The number of hydrogen-bond acceptors (Lipinski definition) is 4. The number of esters is 1.